The SMILES string of the molecule is CC(C)(C)C(=O)n1nc(-c2c(O)ccc(=O)n2CC(=O)c2cscn2)cc1NCc1ccc(Cl)s1. The van der Waals surface area contributed by atoms with E-state index < -0.39 is 16.8 Å². The van der Waals surface area contributed by atoms with Gasteiger partial charge >= 0.3 is 0 Å². The number of carbonyl (C=O) groups is 2. The van der Waals surface area contributed by atoms with Crippen molar-refractivity contribution in [3.05, 3.63) is 66.5 Å². The summed E-state index contributed by atoms with van der Waals surface area (Å²) in [7, 11) is 0. The highest BCUT2D eigenvalue weighted by Crippen LogP contribution is 2.31. The van der Waals surface area contributed by atoms with E-state index in [1.165, 1.54) is 45.0 Å². The topological polar surface area (TPSA) is 119 Å². The molecule has 0 spiro atoms. The number of thiophene rings is 1. The van der Waals surface area contributed by atoms with Crippen LogP contribution in [0.15, 0.2) is 46.0 Å². The van der Waals surface area contributed by atoms with Crippen molar-refractivity contribution in [2.75, 3.05) is 5.32 Å². The molecule has 0 aliphatic carbocycles. The molecule has 35 heavy (non-hydrogen) atoms. The van der Waals surface area contributed by atoms with Gasteiger partial charge in [0.15, 0.2) is 0 Å². The summed E-state index contributed by atoms with van der Waals surface area (Å²) in [6, 6.07) is 7.64. The molecule has 0 aromatic carbocycles. The molecule has 0 bridgehead atoms. The third kappa shape index (κ3) is 5.37. The molecule has 4 aromatic heterocycles. The second-order valence-corrected chi connectivity index (χ2v) is 11.2. The number of thiazole rings is 1. The van der Waals surface area contributed by atoms with Gasteiger partial charge in [0.2, 0.25) is 5.78 Å². The van der Waals surface area contributed by atoms with Gasteiger partial charge in [-0.1, -0.05) is 32.4 Å². The van der Waals surface area contributed by atoms with Gasteiger partial charge < -0.3 is 10.4 Å². The number of pyridine rings is 1. The summed E-state index contributed by atoms with van der Waals surface area (Å²) in [6.45, 7) is 5.34. The van der Waals surface area contributed by atoms with Crippen LogP contribution in [0.5, 0.6) is 5.75 Å². The van der Waals surface area contributed by atoms with Crippen molar-refractivity contribution in [1.82, 2.24) is 19.3 Å². The van der Waals surface area contributed by atoms with Gasteiger partial charge in [0, 0.05) is 27.8 Å². The summed E-state index contributed by atoms with van der Waals surface area (Å²) < 4.78 is 2.99. The number of nitrogens with one attached hydrogen (secondary N) is 1. The molecule has 0 saturated heterocycles. The minimum Gasteiger partial charge on any atom is -0.506 e. The van der Waals surface area contributed by atoms with Crippen LogP contribution in [0, 0.1) is 5.41 Å². The lowest BCUT2D eigenvalue weighted by Crippen LogP contribution is -2.29. The molecule has 0 fully saturated rings. The number of Topliss-reactive ketones (excluding diaryl/α,β-unsaturated/α-hetero) is 1. The lowest BCUT2D eigenvalue weighted by Gasteiger charge is -2.18. The molecule has 12 heteroatoms. The van der Waals surface area contributed by atoms with Crippen molar-refractivity contribution in [1.29, 1.82) is 0 Å². The fourth-order valence-corrected chi connectivity index (χ4v) is 4.87. The highest BCUT2D eigenvalue weighted by atomic mass is 35.5. The van der Waals surface area contributed by atoms with Crippen LogP contribution in [-0.4, -0.2) is 36.1 Å². The molecule has 0 saturated carbocycles. The number of carbonyl (C=O) groups excluding carboxylic acids is 2. The number of ketones is 1. The van der Waals surface area contributed by atoms with Crippen LogP contribution in [0.4, 0.5) is 5.82 Å². The molecule has 0 aliphatic rings. The number of aromatic hydroxyl groups is 1. The first-order chi connectivity index (χ1) is 16.5. The van der Waals surface area contributed by atoms with Crippen LogP contribution < -0.4 is 10.9 Å². The van der Waals surface area contributed by atoms with Gasteiger partial charge in [0.05, 0.1) is 22.9 Å². The standard InChI is InChI=1S/C23H22ClN5O4S2/c1-23(2,3)22(33)29-19(25-9-13-4-6-18(24)35-13)8-14(27-29)21-16(30)5-7-20(32)28(21)10-17(31)15-11-34-12-26-15/h4-8,11-12,25,30H,9-10H2,1-3H3. The molecule has 0 unspecified atom stereocenters. The van der Waals surface area contributed by atoms with Gasteiger partial charge in [-0.25, -0.2) is 4.98 Å². The Kier molecular flexibility index (Phi) is 6.93. The molecule has 2 N–H and O–H groups in total. The number of aromatic nitrogens is 4. The largest absolute Gasteiger partial charge is 0.506 e. The summed E-state index contributed by atoms with van der Waals surface area (Å²) >= 11 is 8.69. The fourth-order valence-electron chi connectivity index (χ4n) is 3.29. The Balaban J connectivity index is 1.78. The number of rotatable bonds is 7. The van der Waals surface area contributed by atoms with Gasteiger partial charge in [-0.05, 0) is 18.2 Å². The van der Waals surface area contributed by atoms with Crippen LogP contribution in [-0.2, 0) is 13.1 Å². The molecule has 0 aliphatic heterocycles. The van der Waals surface area contributed by atoms with Crippen LogP contribution in [0.3, 0.4) is 0 Å². The predicted octanol–water partition coefficient (Wildman–Crippen LogP) is 4.77. The van der Waals surface area contributed by atoms with Gasteiger partial charge in [0.1, 0.15) is 28.6 Å². The maximum absolute atomic E-state index is 13.2. The fraction of sp³-hybridized carbons (Fsp3) is 0.261. The van der Waals surface area contributed by atoms with E-state index in [9.17, 15) is 19.5 Å². The van der Waals surface area contributed by atoms with Crippen molar-refractivity contribution < 1.29 is 14.7 Å². The average molecular weight is 532 g/mol. The Labute approximate surface area is 213 Å². The summed E-state index contributed by atoms with van der Waals surface area (Å²) in [4.78, 5) is 43.5. The minimum absolute atomic E-state index is 0.0313. The van der Waals surface area contributed by atoms with Crippen LogP contribution in [0.1, 0.15) is 40.9 Å². The van der Waals surface area contributed by atoms with E-state index in [0.29, 0.717) is 16.7 Å². The van der Waals surface area contributed by atoms with E-state index in [-0.39, 0.29) is 35.3 Å². The highest BCUT2D eigenvalue weighted by molar-refractivity contribution is 7.16. The van der Waals surface area contributed by atoms with E-state index in [1.807, 2.05) is 6.07 Å². The maximum Gasteiger partial charge on any atom is 0.254 e. The molecular weight excluding hydrogens is 510 g/mol. The molecule has 0 amide bonds. The van der Waals surface area contributed by atoms with Crippen molar-refractivity contribution >= 4 is 51.8 Å². The lowest BCUT2D eigenvalue weighted by molar-refractivity contribution is 0.0752. The van der Waals surface area contributed by atoms with Crippen molar-refractivity contribution in [2.45, 2.75) is 33.9 Å². The summed E-state index contributed by atoms with van der Waals surface area (Å²) in [5, 5.41) is 19.9. The van der Waals surface area contributed by atoms with E-state index in [1.54, 1.807) is 38.3 Å². The first-order valence-corrected chi connectivity index (χ1v) is 12.7. The second-order valence-electron chi connectivity index (χ2n) is 8.73. The van der Waals surface area contributed by atoms with Crippen molar-refractivity contribution in [3.8, 4) is 17.1 Å². The first-order valence-electron chi connectivity index (χ1n) is 10.5. The normalized spacial score (nSPS) is 11.5. The highest BCUT2D eigenvalue weighted by Gasteiger charge is 2.28. The van der Waals surface area contributed by atoms with E-state index in [0.717, 1.165) is 9.44 Å². The smallest absolute Gasteiger partial charge is 0.254 e. The quantitative estimate of drug-likeness (QED) is 0.330. The minimum atomic E-state index is -0.759. The lowest BCUT2D eigenvalue weighted by atomic mass is 9.96. The zero-order chi connectivity index (χ0) is 25.3. The van der Waals surface area contributed by atoms with Gasteiger partial charge in [-0.3, -0.25) is 19.0 Å². The van der Waals surface area contributed by atoms with Crippen LogP contribution in [0.25, 0.3) is 11.4 Å². The molecule has 0 radical (unpaired) electrons. The monoisotopic (exact) mass is 531 g/mol. The van der Waals surface area contributed by atoms with E-state index in [2.05, 4.69) is 15.4 Å². The molecule has 4 heterocycles. The Morgan fingerprint density at radius 3 is 2.60 bits per heavy atom. The van der Waals surface area contributed by atoms with Gasteiger partial charge in [0.25, 0.3) is 11.5 Å². The summed E-state index contributed by atoms with van der Waals surface area (Å²) in [5.74, 6) is -0.561. The first kappa shape index (κ1) is 24.8. The van der Waals surface area contributed by atoms with Crippen molar-refractivity contribution in [2.24, 2.45) is 5.41 Å². The molecule has 4 rings (SSSR count). The Morgan fingerprint density at radius 1 is 1.20 bits per heavy atom. The average Bonchev–Trinajstić information content (AvgIpc) is 3.55. The Bertz CT molecular complexity index is 1450. The maximum atomic E-state index is 13.2. The number of hydrogen-bond acceptors (Lipinski definition) is 9. The predicted molar refractivity (Wildman–Crippen MR) is 137 cm³/mol. The molecule has 0 atom stereocenters. The second kappa shape index (κ2) is 9.76. The Morgan fingerprint density at radius 2 is 1.97 bits per heavy atom. The van der Waals surface area contributed by atoms with Gasteiger partial charge in [-0.2, -0.15) is 9.78 Å². The number of halogens is 1. The van der Waals surface area contributed by atoms with Crippen LogP contribution >= 0.6 is 34.3 Å². The molecule has 4 aromatic rings. The number of nitrogens with zero attached hydrogens (tertiary/aromatic N) is 4. The third-order valence-corrected chi connectivity index (χ3v) is 6.86. The third-order valence-electron chi connectivity index (χ3n) is 5.04. The number of hydrogen-bond donors (Lipinski definition) is 2. The zero-order valence-electron chi connectivity index (χ0n) is 19.1. The molecule has 182 valence electrons. The van der Waals surface area contributed by atoms with Crippen LogP contribution in [0.2, 0.25) is 4.34 Å². The zero-order valence-corrected chi connectivity index (χ0v) is 21.5. The van der Waals surface area contributed by atoms with E-state index >= 15 is 0 Å². The number of anilines is 1. The summed E-state index contributed by atoms with van der Waals surface area (Å²) in [5.41, 5.74) is 0.685. The van der Waals surface area contributed by atoms with Gasteiger partial charge in [-0.15, -0.1) is 22.7 Å². The van der Waals surface area contributed by atoms with E-state index in [4.69, 9.17) is 11.6 Å². The summed E-state index contributed by atoms with van der Waals surface area (Å²) in [6.07, 6.45) is 0. The van der Waals surface area contributed by atoms with Crippen molar-refractivity contribution in [3.63, 3.8) is 0 Å². The molecular formula is C23H22ClN5O4S2. The molecule has 9 nitrogen and oxygen atoms in total. The Hall–Kier alpha value is -3.28.